The fourth-order valence-electron chi connectivity index (χ4n) is 3.13. The standard InChI is InChI=1S/C16H20N4O2/c1-11-8-20(5-4-17-11)9-13-7-18-19-16(13)12-2-3-14-15(6-12)22-10-21-14/h2-3,6-7,11,17H,4-5,8-10H2,1H3,(H,18,19). The molecule has 0 bridgehead atoms. The fraction of sp³-hybridized carbons (Fsp3) is 0.438. The predicted octanol–water partition coefficient (Wildman–Crippen LogP) is 1.60. The molecule has 116 valence electrons. The number of aromatic amines is 1. The van der Waals surface area contributed by atoms with Crippen LogP contribution in [0.5, 0.6) is 11.5 Å². The normalized spacial score (nSPS) is 21.2. The van der Waals surface area contributed by atoms with Gasteiger partial charge in [-0.25, -0.2) is 0 Å². The number of aromatic nitrogens is 2. The summed E-state index contributed by atoms with van der Waals surface area (Å²) in [6.45, 7) is 6.60. The molecule has 2 aliphatic heterocycles. The van der Waals surface area contributed by atoms with Gasteiger partial charge in [-0.05, 0) is 25.1 Å². The molecule has 4 rings (SSSR count). The summed E-state index contributed by atoms with van der Waals surface area (Å²) in [7, 11) is 0. The molecule has 1 aromatic carbocycles. The molecule has 1 unspecified atom stereocenters. The molecular weight excluding hydrogens is 280 g/mol. The SMILES string of the molecule is CC1CN(Cc2cn[nH]c2-c2ccc3c(c2)OCO3)CCN1. The van der Waals surface area contributed by atoms with Gasteiger partial charge in [0.1, 0.15) is 0 Å². The molecule has 1 fully saturated rings. The first kappa shape index (κ1) is 13.6. The minimum Gasteiger partial charge on any atom is -0.454 e. The second-order valence-corrected chi connectivity index (χ2v) is 5.93. The Labute approximate surface area is 129 Å². The lowest BCUT2D eigenvalue weighted by atomic mass is 10.1. The number of hydrogen-bond donors (Lipinski definition) is 2. The van der Waals surface area contributed by atoms with Crippen molar-refractivity contribution in [3.8, 4) is 22.8 Å². The molecule has 0 radical (unpaired) electrons. The first-order valence-corrected chi connectivity index (χ1v) is 7.67. The van der Waals surface area contributed by atoms with E-state index in [1.807, 2.05) is 24.4 Å². The van der Waals surface area contributed by atoms with Gasteiger partial charge in [0.2, 0.25) is 6.79 Å². The van der Waals surface area contributed by atoms with Crippen molar-refractivity contribution in [3.63, 3.8) is 0 Å². The molecule has 0 spiro atoms. The van der Waals surface area contributed by atoms with Gasteiger partial charge in [-0.2, -0.15) is 5.10 Å². The van der Waals surface area contributed by atoms with E-state index < -0.39 is 0 Å². The smallest absolute Gasteiger partial charge is 0.231 e. The Morgan fingerprint density at radius 1 is 1.32 bits per heavy atom. The number of fused-ring (bicyclic) bond motifs is 1. The Hall–Kier alpha value is -2.05. The Morgan fingerprint density at radius 3 is 3.14 bits per heavy atom. The molecular formula is C16H20N4O2. The van der Waals surface area contributed by atoms with Crippen LogP contribution < -0.4 is 14.8 Å². The minimum absolute atomic E-state index is 0.299. The van der Waals surface area contributed by atoms with E-state index in [0.29, 0.717) is 12.8 Å². The van der Waals surface area contributed by atoms with Crippen LogP contribution in [0.25, 0.3) is 11.3 Å². The average molecular weight is 300 g/mol. The van der Waals surface area contributed by atoms with Crippen LogP contribution in [0.1, 0.15) is 12.5 Å². The third-order valence-corrected chi connectivity index (χ3v) is 4.23. The highest BCUT2D eigenvalue weighted by Crippen LogP contribution is 2.36. The van der Waals surface area contributed by atoms with Crippen LogP contribution in [0.15, 0.2) is 24.4 Å². The van der Waals surface area contributed by atoms with Crippen molar-refractivity contribution in [1.82, 2.24) is 20.4 Å². The topological polar surface area (TPSA) is 62.4 Å². The summed E-state index contributed by atoms with van der Waals surface area (Å²) in [4.78, 5) is 2.46. The zero-order chi connectivity index (χ0) is 14.9. The first-order chi connectivity index (χ1) is 10.8. The van der Waals surface area contributed by atoms with Crippen molar-refractivity contribution in [2.75, 3.05) is 26.4 Å². The summed E-state index contributed by atoms with van der Waals surface area (Å²) in [6, 6.07) is 6.55. The van der Waals surface area contributed by atoms with Crippen molar-refractivity contribution in [3.05, 3.63) is 30.0 Å². The molecule has 3 heterocycles. The van der Waals surface area contributed by atoms with E-state index >= 15 is 0 Å². The van der Waals surface area contributed by atoms with Crippen molar-refractivity contribution >= 4 is 0 Å². The number of hydrogen-bond acceptors (Lipinski definition) is 5. The van der Waals surface area contributed by atoms with Crippen LogP contribution in [-0.4, -0.2) is 47.6 Å². The molecule has 6 heteroatoms. The third kappa shape index (κ3) is 2.55. The van der Waals surface area contributed by atoms with Gasteiger partial charge < -0.3 is 14.8 Å². The molecule has 1 aromatic heterocycles. The molecule has 0 saturated carbocycles. The number of piperazine rings is 1. The number of nitrogens with one attached hydrogen (secondary N) is 2. The zero-order valence-electron chi connectivity index (χ0n) is 12.6. The van der Waals surface area contributed by atoms with Crippen LogP contribution in [0.2, 0.25) is 0 Å². The summed E-state index contributed by atoms with van der Waals surface area (Å²) in [5.41, 5.74) is 3.36. The van der Waals surface area contributed by atoms with Gasteiger partial charge in [0, 0.05) is 43.3 Å². The monoisotopic (exact) mass is 300 g/mol. The summed E-state index contributed by atoms with van der Waals surface area (Å²) < 4.78 is 10.8. The maximum Gasteiger partial charge on any atom is 0.231 e. The maximum atomic E-state index is 5.47. The second-order valence-electron chi connectivity index (χ2n) is 5.93. The van der Waals surface area contributed by atoms with Crippen LogP contribution in [0, 0.1) is 0 Å². The van der Waals surface area contributed by atoms with Crippen molar-refractivity contribution < 1.29 is 9.47 Å². The molecule has 2 N–H and O–H groups in total. The zero-order valence-corrected chi connectivity index (χ0v) is 12.6. The quantitative estimate of drug-likeness (QED) is 0.901. The predicted molar refractivity (Wildman–Crippen MR) is 82.9 cm³/mol. The van der Waals surface area contributed by atoms with E-state index in [0.717, 1.165) is 48.9 Å². The molecule has 2 aliphatic rings. The maximum absolute atomic E-state index is 5.47. The van der Waals surface area contributed by atoms with E-state index in [9.17, 15) is 0 Å². The molecule has 2 aromatic rings. The van der Waals surface area contributed by atoms with Gasteiger partial charge in [0.25, 0.3) is 0 Å². The van der Waals surface area contributed by atoms with Gasteiger partial charge in [-0.3, -0.25) is 10.00 Å². The van der Waals surface area contributed by atoms with Crippen LogP contribution in [0.4, 0.5) is 0 Å². The average Bonchev–Trinajstić information content (AvgIpc) is 3.15. The molecule has 1 atom stereocenters. The van der Waals surface area contributed by atoms with Crippen molar-refractivity contribution in [2.24, 2.45) is 0 Å². The van der Waals surface area contributed by atoms with E-state index in [-0.39, 0.29) is 0 Å². The van der Waals surface area contributed by atoms with E-state index in [1.165, 1.54) is 5.56 Å². The van der Waals surface area contributed by atoms with E-state index in [4.69, 9.17) is 9.47 Å². The lowest BCUT2D eigenvalue weighted by Crippen LogP contribution is -2.48. The molecule has 0 aliphatic carbocycles. The van der Waals surface area contributed by atoms with E-state index in [2.05, 4.69) is 27.3 Å². The first-order valence-electron chi connectivity index (χ1n) is 7.67. The highest BCUT2D eigenvalue weighted by atomic mass is 16.7. The lowest BCUT2D eigenvalue weighted by Gasteiger charge is -2.31. The number of ether oxygens (including phenoxy) is 2. The summed E-state index contributed by atoms with van der Waals surface area (Å²) in [6.07, 6.45) is 1.92. The second kappa shape index (κ2) is 5.62. The summed E-state index contributed by atoms with van der Waals surface area (Å²) in [5.74, 6) is 1.61. The van der Waals surface area contributed by atoms with Crippen molar-refractivity contribution in [1.29, 1.82) is 0 Å². The lowest BCUT2D eigenvalue weighted by molar-refractivity contribution is 0.174. The molecule has 6 nitrogen and oxygen atoms in total. The number of H-pyrrole nitrogens is 1. The Bertz CT molecular complexity index is 670. The highest BCUT2D eigenvalue weighted by molar-refractivity contribution is 5.66. The van der Waals surface area contributed by atoms with Gasteiger partial charge in [0.05, 0.1) is 11.9 Å². The van der Waals surface area contributed by atoms with Crippen LogP contribution in [-0.2, 0) is 6.54 Å². The Balaban J connectivity index is 1.57. The van der Waals surface area contributed by atoms with Crippen LogP contribution >= 0.6 is 0 Å². The van der Waals surface area contributed by atoms with Gasteiger partial charge in [0.15, 0.2) is 11.5 Å². The summed E-state index contributed by atoms with van der Waals surface area (Å²) in [5, 5.41) is 10.8. The Morgan fingerprint density at radius 2 is 2.23 bits per heavy atom. The number of benzene rings is 1. The highest BCUT2D eigenvalue weighted by Gasteiger charge is 2.19. The van der Waals surface area contributed by atoms with Gasteiger partial charge in [-0.1, -0.05) is 0 Å². The van der Waals surface area contributed by atoms with Gasteiger partial charge >= 0.3 is 0 Å². The van der Waals surface area contributed by atoms with Gasteiger partial charge in [-0.15, -0.1) is 0 Å². The largest absolute Gasteiger partial charge is 0.454 e. The van der Waals surface area contributed by atoms with Crippen LogP contribution in [0.3, 0.4) is 0 Å². The summed E-state index contributed by atoms with van der Waals surface area (Å²) >= 11 is 0. The third-order valence-electron chi connectivity index (χ3n) is 4.23. The molecule has 1 saturated heterocycles. The van der Waals surface area contributed by atoms with E-state index in [1.54, 1.807) is 0 Å². The Kier molecular flexibility index (Phi) is 3.48. The molecule has 0 amide bonds. The minimum atomic E-state index is 0.299. The molecule has 22 heavy (non-hydrogen) atoms. The number of rotatable bonds is 3. The van der Waals surface area contributed by atoms with Crippen molar-refractivity contribution in [2.45, 2.75) is 19.5 Å². The number of nitrogens with zero attached hydrogens (tertiary/aromatic N) is 2. The fourth-order valence-corrected chi connectivity index (χ4v) is 3.13.